The largest absolute Gasteiger partial charge is 0.406 e. The highest BCUT2D eigenvalue weighted by Gasteiger charge is 2.50. The molecule has 2 atom stereocenters. The summed E-state index contributed by atoms with van der Waals surface area (Å²) in [5.41, 5.74) is 0.779. The van der Waals surface area contributed by atoms with Crippen molar-refractivity contribution in [3.63, 3.8) is 0 Å². The van der Waals surface area contributed by atoms with Gasteiger partial charge in [0.15, 0.2) is 0 Å². The zero-order valence-corrected chi connectivity index (χ0v) is 9.83. The van der Waals surface area contributed by atoms with Crippen LogP contribution in [0.25, 0.3) is 0 Å². The fraction of sp³-hybridized carbons (Fsp3) is 0.538. The molecule has 0 bridgehead atoms. The topological polar surface area (TPSA) is 3.24 Å². The first-order valence-electron chi connectivity index (χ1n) is 5.97. The summed E-state index contributed by atoms with van der Waals surface area (Å²) in [5, 5.41) is 0. The Bertz CT molecular complexity index is 376. The normalized spacial score (nSPS) is 26.2. The minimum absolute atomic E-state index is 0.00450. The van der Waals surface area contributed by atoms with Gasteiger partial charge in [-0.2, -0.15) is 13.2 Å². The lowest BCUT2D eigenvalue weighted by molar-refractivity contribution is -0.209. The van der Waals surface area contributed by atoms with E-state index in [1.165, 1.54) is 4.90 Å². The molecule has 1 nitrogen and oxygen atoms in total. The van der Waals surface area contributed by atoms with Crippen LogP contribution in [0.5, 0.6) is 0 Å². The van der Waals surface area contributed by atoms with Gasteiger partial charge in [-0.25, -0.2) is 4.39 Å². The highest BCUT2D eigenvalue weighted by Crippen LogP contribution is 2.34. The lowest BCUT2D eigenvalue weighted by atomic mass is 9.98. The molecule has 5 heteroatoms. The van der Waals surface area contributed by atoms with Gasteiger partial charge in [0.1, 0.15) is 12.2 Å². The second-order valence-electron chi connectivity index (χ2n) is 4.60. The Labute approximate surface area is 103 Å². The lowest BCUT2D eigenvalue weighted by Gasteiger charge is -2.38. The first-order valence-corrected chi connectivity index (χ1v) is 5.97. The SMILES string of the molecule is F[C@@H]1CCCN(Cc2ccccc2)[C@H]1C(F)(F)F. The van der Waals surface area contributed by atoms with Crippen molar-refractivity contribution in [3.05, 3.63) is 35.9 Å². The quantitative estimate of drug-likeness (QED) is 0.736. The monoisotopic (exact) mass is 261 g/mol. The Morgan fingerprint density at radius 1 is 1.17 bits per heavy atom. The van der Waals surface area contributed by atoms with Crippen LogP contribution in [0.1, 0.15) is 18.4 Å². The molecule has 1 fully saturated rings. The van der Waals surface area contributed by atoms with E-state index < -0.39 is 18.4 Å². The molecule has 100 valence electrons. The molecule has 0 radical (unpaired) electrons. The van der Waals surface area contributed by atoms with Crippen LogP contribution >= 0.6 is 0 Å². The summed E-state index contributed by atoms with van der Waals surface area (Å²) in [6, 6.07) is 6.90. The number of hydrogen-bond donors (Lipinski definition) is 0. The fourth-order valence-electron chi connectivity index (χ4n) is 2.42. The molecule has 1 aliphatic heterocycles. The first-order chi connectivity index (χ1) is 8.48. The zero-order chi connectivity index (χ0) is 13.2. The van der Waals surface area contributed by atoms with Gasteiger partial charge in [0.25, 0.3) is 0 Å². The van der Waals surface area contributed by atoms with Crippen molar-refractivity contribution >= 4 is 0 Å². The average Bonchev–Trinajstić information content (AvgIpc) is 2.28. The van der Waals surface area contributed by atoms with Crippen LogP contribution in [0.2, 0.25) is 0 Å². The van der Waals surface area contributed by atoms with Gasteiger partial charge in [-0.1, -0.05) is 30.3 Å². The van der Waals surface area contributed by atoms with E-state index in [0.717, 1.165) is 5.56 Å². The van der Waals surface area contributed by atoms with E-state index in [4.69, 9.17) is 0 Å². The van der Waals surface area contributed by atoms with Crippen molar-refractivity contribution < 1.29 is 17.6 Å². The second kappa shape index (κ2) is 5.26. The summed E-state index contributed by atoms with van der Waals surface area (Å²) >= 11 is 0. The van der Waals surface area contributed by atoms with E-state index in [9.17, 15) is 17.6 Å². The van der Waals surface area contributed by atoms with Crippen LogP contribution in [-0.2, 0) is 6.54 Å². The molecule has 0 unspecified atom stereocenters. The van der Waals surface area contributed by atoms with Crippen molar-refractivity contribution in [1.82, 2.24) is 4.90 Å². The number of piperidine rings is 1. The van der Waals surface area contributed by atoms with Crippen molar-refractivity contribution in [2.45, 2.75) is 37.8 Å². The number of alkyl halides is 4. The van der Waals surface area contributed by atoms with E-state index in [2.05, 4.69) is 0 Å². The summed E-state index contributed by atoms with van der Waals surface area (Å²) in [6.45, 7) is 0.435. The molecule has 1 saturated heterocycles. The maximum atomic E-state index is 13.5. The van der Waals surface area contributed by atoms with Crippen LogP contribution < -0.4 is 0 Å². The molecule has 0 spiro atoms. The van der Waals surface area contributed by atoms with Gasteiger partial charge in [-0.15, -0.1) is 0 Å². The van der Waals surface area contributed by atoms with E-state index in [0.29, 0.717) is 13.0 Å². The lowest BCUT2D eigenvalue weighted by Crippen LogP contribution is -2.54. The van der Waals surface area contributed by atoms with Crippen LogP contribution in [0.3, 0.4) is 0 Å². The number of benzene rings is 1. The minimum atomic E-state index is -4.51. The van der Waals surface area contributed by atoms with Crippen LogP contribution in [0.4, 0.5) is 17.6 Å². The van der Waals surface area contributed by atoms with E-state index in [1.54, 1.807) is 30.3 Å². The molecule has 1 aliphatic rings. The minimum Gasteiger partial charge on any atom is -0.286 e. The fourth-order valence-corrected chi connectivity index (χ4v) is 2.42. The number of halogens is 4. The van der Waals surface area contributed by atoms with E-state index in [1.807, 2.05) is 0 Å². The molecule has 1 aromatic rings. The summed E-state index contributed by atoms with van der Waals surface area (Å²) < 4.78 is 52.1. The number of likely N-dealkylation sites (tertiary alicyclic amines) is 1. The van der Waals surface area contributed by atoms with E-state index >= 15 is 0 Å². The van der Waals surface area contributed by atoms with Crippen LogP contribution in [0.15, 0.2) is 30.3 Å². The van der Waals surface area contributed by atoms with Crippen molar-refractivity contribution in [2.75, 3.05) is 6.54 Å². The molecule has 1 heterocycles. The number of rotatable bonds is 2. The maximum Gasteiger partial charge on any atom is 0.406 e. The van der Waals surface area contributed by atoms with Gasteiger partial charge in [0.05, 0.1) is 0 Å². The molecular weight excluding hydrogens is 246 g/mol. The third-order valence-electron chi connectivity index (χ3n) is 3.23. The summed E-state index contributed by atoms with van der Waals surface area (Å²) in [5.74, 6) is 0. The average molecular weight is 261 g/mol. The molecule has 0 saturated carbocycles. The third-order valence-corrected chi connectivity index (χ3v) is 3.23. The zero-order valence-electron chi connectivity index (χ0n) is 9.83. The Hall–Kier alpha value is -1.10. The second-order valence-corrected chi connectivity index (χ2v) is 4.60. The molecule has 0 aromatic heterocycles. The molecule has 2 rings (SSSR count). The van der Waals surface area contributed by atoms with Crippen LogP contribution in [-0.4, -0.2) is 29.8 Å². The molecule has 18 heavy (non-hydrogen) atoms. The highest BCUT2D eigenvalue weighted by molar-refractivity contribution is 5.15. The predicted octanol–water partition coefficient (Wildman–Crippen LogP) is 3.55. The Balaban J connectivity index is 2.14. The molecule has 0 N–H and O–H groups in total. The smallest absolute Gasteiger partial charge is 0.286 e. The maximum absolute atomic E-state index is 13.5. The first kappa shape index (κ1) is 13.3. The Morgan fingerprint density at radius 3 is 2.44 bits per heavy atom. The van der Waals surface area contributed by atoms with Gasteiger partial charge in [0, 0.05) is 6.54 Å². The number of hydrogen-bond acceptors (Lipinski definition) is 1. The summed E-state index contributed by atoms with van der Waals surface area (Å²) in [6.07, 6.45) is -5.85. The predicted molar refractivity (Wildman–Crippen MR) is 60.8 cm³/mol. The molecule has 0 aliphatic carbocycles. The summed E-state index contributed by atoms with van der Waals surface area (Å²) in [7, 11) is 0. The Kier molecular flexibility index (Phi) is 3.90. The Morgan fingerprint density at radius 2 is 1.83 bits per heavy atom. The van der Waals surface area contributed by atoms with Crippen molar-refractivity contribution in [3.8, 4) is 0 Å². The van der Waals surface area contributed by atoms with Gasteiger partial charge >= 0.3 is 6.18 Å². The molecule has 1 aromatic carbocycles. The van der Waals surface area contributed by atoms with Gasteiger partial charge < -0.3 is 0 Å². The van der Waals surface area contributed by atoms with Gasteiger partial charge in [-0.05, 0) is 24.9 Å². The van der Waals surface area contributed by atoms with Gasteiger partial charge in [0.2, 0.25) is 0 Å². The molecular formula is C13H15F4N. The van der Waals surface area contributed by atoms with Crippen molar-refractivity contribution in [2.24, 2.45) is 0 Å². The third kappa shape index (κ3) is 3.02. The standard InChI is InChI=1S/C13H15F4N/c14-11-7-4-8-18(12(11)13(15,16)17)9-10-5-2-1-3-6-10/h1-3,5-6,11-12H,4,7-9H2/t11-,12-/m1/s1. The van der Waals surface area contributed by atoms with Crippen molar-refractivity contribution in [1.29, 1.82) is 0 Å². The number of nitrogens with zero attached hydrogens (tertiary/aromatic N) is 1. The highest BCUT2D eigenvalue weighted by atomic mass is 19.4. The molecule has 0 amide bonds. The van der Waals surface area contributed by atoms with E-state index in [-0.39, 0.29) is 13.0 Å². The summed E-state index contributed by atoms with van der Waals surface area (Å²) in [4.78, 5) is 1.20. The van der Waals surface area contributed by atoms with Crippen LogP contribution in [0, 0.1) is 0 Å². The van der Waals surface area contributed by atoms with Gasteiger partial charge in [-0.3, -0.25) is 4.90 Å².